The molecule has 1 saturated heterocycles. The highest BCUT2D eigenvalue weighted by atomic mass is 32.2. The van der Waals surface area contributed by atoms with Crippen molar-refractivity contribution in [2.45, 2.75) is 52.6 Å². The van der Waals surface area contributed by atoms with E-state index in [1.807, 2.05) is 6.92 Å². The van der Waals surface area contributed by atoms with Gasteiger partial charge in [-0.15, -0.1) is 0 Å². The zero-order valence-corrected chi connectivity index (χ0v) is 13.0. The van der Waals surface area contributed by atoms with E-state index in [2.05, 4.69) is 25.7 Å². The minimum atomic E-state index is -2.81. The van der Waals surface area contributed by atoms with Crippen LogP contribution in [0.25, 0.3) is 0 Å². The molecule has 0 bridgehead atoms. The quantitative estimate of drug-likeness (QED) is 0.839. The highest BCUT2D eigenvalue weighted by Crippen LogP contribution is 2.21. The topological polar surface area (TPSA) is 63.4 Å². The Kier molecular flexibility index (Phi) is 5.21. The van der Waals surface area contributed by atoms with E-state index >= 15 is 0 Å². The molecule has 0 saturated carbocycles. The van der Waals surface area contributed by atoms with Gasteiger partial charge in [0.2, 0.25) is 0 Å². The van der Waals surface area contributed by atoms with Crippen molar-refractivity contribution >= 4 is 9.84 Å². The summed E-state index contributed by atoms with van der Waals surface area (Å²) < 4.78 is 23.0. The van der Waals surface area contributed by atoms with Crippen LogP contribution in [0.1, 0.15) is 40.5 Å². The van der Waals surface area contributed by atoms with Crippen molar-refractivity contribution in [2.75, 3.05) is 24.6 Å². The van der Waals surface area contributed by atoms with Gasteiger partial charge in [-0.05, 0) is 31.7 Å². The molecule has 2 unspecified atom stereocenters. The average molecular weight is 276 g/mol. The molecule has 0 amide bonds. The first-order valence-corrected chi connectivity index (χ1v) is 8.61. The maximum Gasteiger partial charge on any atom is 0.153 e. The summed E-state index contributed by atoms with van der Waals surface area (Å²) in [6.07, 6.45) is 1.95. The minimum Gasteiger partial charge on any atom is -0.328 e. The van der Waals surface area contributed by atoms with E-state index in [-0.39, 0.29) is 17.5 Å². The molecule has 0 radical (unpaired) electrons. The van der Waals surface area contributed by atoms with E-state index in [1.165, 1.54) is 0 Å². The summed E-state index contributed by atoms with van der Waals surface area (Å²) in [7, 11) is -2.81. The Morgan fingerprint density at radius 2 is 2.00 bits per heavy atom. The zero-order valence-electron chi connectivity index (χ0n) is 12.1. The molecule has 108 valence electrons. The third-order valence-electron chi connectivity index (χ3n) is 3.47. The highest BCUT2D eigenvalue weighted by molar-refractivity contribution is 7.91. The van der Waals surface area contributed by atoms with Gasteiger partial charge in [0, 0.05) is 18.6 Å². The van der Waals surface area contributed by atoms with Crippen LogP contribution in [0.3, 0.4) is 0 Å². The van der Waals surface area contributed by atoms with Crippen LogP contribution >= 0.6 is 0 Å². The van der Waals surface area contributed by atoms with Gasteiger partial charge in [0.25, 0.3) is 0 Å². The molecule has 1 aliphatic heterocycles. The minimum absolute atomic E-state index is 0.130. The highest BCUT2D eigenvalue weighted by Gasteiger charge is 2.28. The van der Waals surface area contributed by atoms with E-state index in [0.29, 0.717) is 18.1 Å². The number of hydrogen-bond acceptors (Lipinski definition) is 4. The maximum absolute atomic E-state index is 11.5. The fourth-order valence-corrected chi connectivity index (χ4v) is 4.21. The predicted molar refractivity (Wildman–Crippen MR) is 76.4 cm³/mol. The maximum atomic E-state index is 11.5. The van der Waals surface area contributed by atoms with Crippen molar-refractivity contribution < 1.29 is 8.42 Å². The first kappa shape index (κ1) is 15.9. The predicted octanol–water partition coefficient (Wildman–Crippen LogP) is 1.26. The Morgan fingerprint density at radius 1 is 1.39 bits per heavy atom. The Bertz CT molecular complexity index is 360. The fraction of sp³-hybridized carbons (Fsp3) is 1.00. The van der Waals surface area contributed by atoms with E-state index < -0.39 is 9.84 Å². The smallest absolute Gasteiger partial charge is 0.153 e. The number of nitrogens with zero attached hydrogens (tertiary/aromatic N) is 1. The second-order valence-electron chi connectivity index (χ2n) is 6.81. The second kappa shape index (κ2) is 5.88. The fourth-order valence-electron chi connectivity index (χ4n) is 2.59. The molecule has 1 rings (SSSR count). The van der Waals surface area contributed by atoms with E-state index in [4.69, 9.17) is 5.73 Å². The van der Waals surface area contributed by atoms with Crippen LogP contribution in [0, 0.1) is 5.41 Å². The summed E-state index contributed by atoms with van der Waals surface area (Å²) in [5.41, 5.74) is 6.39. The molecule has 0 aromatic rings. The standard InChI is InChI=1S/C13H28N2O2S/c1-11-10-18(16,17)8-7-15(11)6-5-12(14)9-13(2,3)4/h11-12H,5-10,14H2,1-4H3. The first-order valence-electron chi connectivity index (χ1n) is 6.79. The molecule has 2 atom stereocenters. The molecule has 0 spiro atoms. The summed E-state index contributed by atoms with van der Waals surface area (Å²) in [5.74, 6) is 0.591. The summed E-state index contributed by atoms with van der Waals surface area (Å²) >= 11 is 0. The molecule has 0 aromatic carbocycles. The van der Waals surface area contributed by atoms with Gasteiger partial charge in [-0.25, -0.2) is 8.42 Å². The van der Waals surface area contributed by atoms with E-state index in [0.717, 1.165) is 19.4 Å². The summed E-state index contributed by atoms with van der Waals surface area (Å²) in [6.45, 7) is 10.2. The summed E-state index contributed by atoms with van der Waals surface area (Å²) in [6, 6.07) is 0.335. The molecule has 0 aliphatic carbocycles. The van der Waals surface area contributed by atoms with Crippen molar-refractivity contribution in [1.82, 2.24) is 4.90 Å². The Hall–Kier alpha value is -0.130. The SMILES string of the molecule is CC1CS(=O)(=O)CCN1CCC(N)CC(C)(C)C. The molecule has 18 heavy (non-hydrogen) atoms. The number of nitrogens with two attached hydrogens (primary N) is 1. The van der Waals surface area contributed by atoms with Crippen LogP contribution in [-0.4, -0.2) is 50.0 Å². The first-order chi connectivity index (χ1) is 8.09. The number of sulfone groups is 1. The van der Waals surface area contributed by atoms with Gasteiger partial charge in [-0.3, -0.25) is 4.90 Å². The number of hydrogen-bond donors (Lipinski definition) is 1. The lowest BCUT2D eigenvalue weighted by Crippen LogP contribution is -2.48. The van der Waals surface area contributed by atoms with Crippen LogP contribution in [0.5, 0.6) is 0 Å². The van der Waals surface area contributed by atoms with Gasteiger partial charge in [0.1, 0.15) is 0 Å². The Labute approximate surface area is 112 Å². The molecule has 2 N–H and O–H groups in total. The normalized spacial score (nSPS) is 27.1. The van der Waals surface area contributed by atoms with Gasteiger partial charge in [-0.2, -0.15) is 0 Å². The molecule has 1 fully saturated rings. The Balaban J connectivity index is 2.36. The lowest BCUT2D eigenvalue weighted by atomic mass is 9.87. The van der Waals surface area contributed by atoms with Gasteiger partial charge in [0.15, 0.2) is 9.84 Å². The number of rotatable bonds is 4. The third-order valence-corrected chi connectivity index (χ3v) is 5.26. The molecule has 4 nitrogen and oxygen atoms in total. The van der Waals surface area contributed by atoms with Crippen molar-refractivity contribution in [3.63, 3.8) is 0 Å². The third kappa shape index (κ3) is 5.67. The molecule has 1 aliphatic rings. The van der Waals surface area contributed by atoms with Crippen molar-refractivity contribution in [3.05, 3.63) is 0 Å². The molecular formula is C13H28N2O2S. The molecule has 0 aromatic heterocycles. The van der Waals surface area contributed by atoms with Crippen LogP contribution in [0.4, 0.5) is 0 Å². The lowest BCUT2D eigenvalue weighted by Gasteiger charge is -2.34. The van der Waals surface area contributed by atoms with Crippen LogP contribution in [0.2, 0.25) is 0 Å². The van der Waals surface area contributed by atoms with Crippen molar-refractivity contribution in [1.29, 1.82) is 0 Å². The Morgan fingerprint density at radius 3 is 2.50 bits per heavy atom. The van der Waals surface area contributed by atoms with Gasteiger partial charge < -0.3 is 5.73 Å². The van der Waals surface area contributed by atoms with Gasteiger partial charge in [-0.1, -0.05) is 20.8 Å². The van der Waals surface area contributed by atoms with Crippen molar-refractivity contribution in [2.24, 2.45) is 11.1 Å². The molecular weight excluding hydrogens is 248 g/mol. The van der Waals surface area contributed by atoms with Crippen LogP contribution < -0.4 is 5.73 Å². The zero-order chi connectivity index (χ0) is 14.0. The monoisotopic (exact) mass is 276 g/mol. The average Bonchev–Trinajstić information content (AvgIpc) is 2.12. The van der Waals surface area contributed by atoms with E-state index in [9.17, 15) is 8.42 Å². The molecule has 5 heteroatoms. The lowest BCUT2D eigenvalue weighted by molar-refractivity contribution is 0.210. The van der Waals surface area contributed by atoms with Crippen LogP contribution in [0.15, 0.2) is 0 Å². The summed E-state index contributed by atoms with van der Waals surface area (Å²) in [4.78, 5) is 2.25. The largest absolute Gasteiger partial charge is 0.328 e. The van der Waals surface area contributed by atoms with E-state index in [1.54, 1.807) is 0 Å². The van der Waals surface area contributed by atoms with Gasteiger partial charge >= 0.3 is 0 Å². The van der Waals surface area contributed by atoms with Crippen LogP contribution in [-0.2, 0) is 9.84 Å². The van der Waals surface area contributed by atoms with Crippen molar-refractivity contribution in [3.8, 4) is 0 Å². The molecule has 1 heterocycles. The van der Waals surface area contributed by atoms with Gasteiger partial charge in [0.05, 0.1) is 11.5 Å². The second-order valence-corrected chi connectivity index (χ2v) is 9.04. The summed E-state index contributed by atoms with van der Waals surface area (Å²) in [5, 5.41) is 0.